The van der Waals surface area contributed by atoms with Crippen LogP contribution in [0.25, 0.3) is 22.2 Å². The van der Waals surface area contributed by atoms with Crippen LogP contribution in [0.3, 0.4) is 0 Å². The summed E-state index contributed by atoms with van der Waals surface area (Å²) in [6.07, 6.45) is 5.32. The highest BCUT2D eigenvalue weighted by atomic mass is 32.2. The Balaban J connectivity index is 1.40. The van der Waals surface area contributed by atoms with E-state index in [0.717, 1.165) is 56.4 Å². The molecular formula is C28H27N5O2S. The van der Waals surface area contributed by atoms with Crippen LogP contribution < -0.4 is 15.8 Å². The summed E-state index contributed by atoms with van der Waals surface area (Å²) < 4.78 is 12.1. The summed E-state index contributed by atoms with van der Waals surface area (Å²) in [5, 5.41) is 4.33. The second-order valence-corrected chi connectivity index (χ2v) is 9.47. The van der Waals surface area contributed by atoms with Gasteiger partial charge in [0.2, 0.25) is 0 Å². The van der Waals surface area contributed by atoms with Gasteiger partial charge in [0.15, 0.2) is 0 Å². The van der Waals surface area contributed by atoms with Gasteiger partial charge in [0.1, 0.15) is 35.2 Å². The van der Waals surface area contributed by atoms with Crippen LogP contribution in [0, 0.1) is 13.8 Å². The van der Waals surface area contributed by atoms with Crippen LogP contribution in [0.15, 0.2) is 77.6 Å². The highest BCUT2D eigenvalue weighted by Crippen LogP contribution is 2.32. The molecule has 0 spiro atoms. The molecule has 1 atom stereocenters. The Morgan fingerprint density at radius 3 is 2.67 bits per heavy atom. The standard InChI is InChI=1S/C28H27N5O2S/c1-17-12-20(6-9-25(17)34-21-7-4-18(2)30-14-21)33-28-22-13-19(5-8-24(22)31-16-32-28)26-10-11-27(35-26)23(29)15-36-3/h4-14,16,23H,15,29H2,1-3H3,(H,31,32,33). The average Bonchev–Trinajstić information content (AvgIpc) is 3.38. The number of thioether (sulfide) groups is 1. The van der Waals surface area contributed by atoms with E-state index in [9.17, 15) is 0 Å². The maximum Gasteiger partial charge on any atom is 0.145 e. The van der Waals surface area contributed by atoms with Crippen molar-refractivity contribution in [3.8, 4) is 22.8 Å². The third kappa shape index (κ3) is 5.19. The average molecular weight is 498 g/mol. The molecule has 182 valence electrons. The largest absolute Gasteiger partial charge is 0.459 e. The molecule has 0 aliphatic rings. The molecule has 5 rings (SSSR count). The van der Waals surface area contributed by atoms with Gasteiger partial charge in [-0.3, -0.25) is 4.98 Å². The van der Waals surface area contributed by atoms with E-state index in [1.165, 1.54) is 0 Å². The summed E-state index contributed by atoms with van der Waals surface area (Å²) in [5.41, 5.74) is 10.8. The van der Waals surface area contributed by atoms with E-state index in [1.807, 2.05) is 80.8 Å². The quantitative estimate of drug-likeness (QED) is 0.241. The van der Waals surface area contributed by atoms with Crippen LogP contribution in [0.1, 0.15) is 23.1 Å². The second-order valence-electron chi connectivity index (χ2n) is 8.56. The SMILES string of the molecule is CSCC(N)c1ccc(-c2ccc3ncnc(Nc4ccc(Oc5ccc(C)nc5)c(C)c4)c3c2)o1. The van der Waals surface area contributed by atoms with Gasteiger partial charge in [-0.15, -0.1) is 0 Å². The van der Waals surface area contributed by atoms with Gasteiger partial charge < -0.3 is 20.2 Å². The number of nitrogens with one attached hydrogen (secondary N) is 1. The number of ether oxygens (including phenoxy) is 1. The molecule has 0 saturated heterocycles. The van der Waals surface area contributed by atoms with Crippen molar-refractivity contribution in [2.24, 2.45) is 5.73 Å². The van der Waals surface area contributed by atoms with Crippen LogP contribution in [-0.2, 0) is 0 Å². The van der Waals surface area contributed by atoms with Gasteiger partial charge in [-0.05, 0) is 86.3 Å². The highest BCUT2D eigenvalue weighted by Gasteiger charge is 2.13. The van der Waals surface area contributed by atoms with Gasteiger partial charge in [-0.2, -0.15) is 11.8 Å². The minimum absolute atomic E-state index is 0.132. The molecule has 0 aliphatic heterocycles. The van der Waals surface area contributed by atoms with E-state index in [4.69, 9.17) is 14.9 Å². The monoisotopic (exact) mass is 497 g/mol. The number of nitrogens with zero attached hydrogens (tertiary/aromatic N) is 3. The fraction of sp³-hybridized carbons (Fsp3) is 0.179. The normalized spacial score (nSPS) is 12.0. The Kier molecular flexibility index (Phi) is 6.88. The number of aryl methyl sites for hydroxylation is 2. The molecule has 36 heavy (non-hydrogen) atoms. The van der Waals surface area contributed by atoms with Gasteiger partial charge in [0.05, 0.1) is 17.8 Å². The zero-order valence-corrected chi connectivity index (χ0v) is 21.2. The summed E-state index contributed by atoms with van der Waals surface area (Å²) in [5.74, 6) is 4.53. The van der Waals surface area contributed by atoms with E-state index < -0.39 is 0 Å². The molecule has 2 aromatic carbocycles. The first-order chi connectivity index (χ1) is 17.5. The van der Waals surface area contributed by atoms with Crippen molar-refractivity contribution < 1.29 is 9.15 Å². The molecule has 1 unspecified atom stereocenters. The molecule has 3 N–H and O–H groups in total. The number of furan rings is 1. The molecule has 3 heterocycles. The zero-order chi connectivity index (χ0) is 25.1. The fourth-order valence-electron chi connectivity index (χ4n) is 3.90. The lowest BCUT2D eigenvalue weighted by Gasteiger charge is -2.13. The van der Waals surface area contributed by atoms with Crippen molar-refractivity contribution in [3.05, 3.63) is 90.2 Å². The first kappa shape index (κ1) is 23.8. The third-order valence-electron chi connectivity index (χ3n) is 5.81. The Bertz CT molecular complexity index is 1500. The summed E-state index contributed by atoms with van der Waals surface area (Å²) in [7, 11) is 0. The molecule has 7 nitrogen and oxygen atoms in total. The van der Waals surface area contributed by atoms with Crippen LogP contribution in [0.2, 0.25) is 0 Å². The molecule has 8 heteroatoms. The van der Waals surface area contributed by atoms with Gasteiger partial charge in [-0.1, -0.05) is 0 Å². The second kappa shape index (κ2) is 10.4. The number of anilines is 2. The van der Waals surface area contributed by atoms with Crippen LogP contribution >= 0.6 is 11.8 Å². The topological polar surface area (TPSA) is 99.1 Å². The lowest BCUT2D eigenvalue weighted by atomic mass is 10.1. The maximum atomic E-state index is 6.21. The van der Waals surface area contributed by atoms with Crippen molar-refractivity contribution >= 4 is 34.2 Å². The number of benzene rings is 2. The predicted molar refractivity (Wildman–Crippen MR) is 146 cm³/mol. The number of nitrogens with two attached hydrogens (primary N) is 1. The Labute approximate surface area is 214 Å². The molecule has 5 aromatic rings. The number of hydrogen-bond acceptors (Lipinski definition) is 8. The van der Waals surface area contributed by atoms with Crippen LogP contribution in [0.5, 0.6) is 11.5 Å². The van der Waals surface area contributed by atoms with Crippen LogP contribution in [0.4, 0.5) is 11.5 Å². The fourth-order valence-corrected chi connectivity index (χ4v) is 4.42. The lowest BCUT2D eigenvalue weighted by molar-refractivity contribution is 0.476. The summed E-state index contributed by atoms with van der Waals surface area (Å²) >= 11 is 1.70. The van der Waals surface area contributed by atoms with Gasteiger partial charge in [0.25, 0.3) is 0 Å². The molecule has 3 aromatic heterocycles. The molecule has 0 amide bonds. The van der Waals surface area contributed by atoms with E-state index in [-0.39, 0.29) is 6.04 Å². The molecule has 0 radical (unpaired) electrons. The minimum Gasteiger partial charge on any atom is -0.459 e. The van der Waals surface area contributed by atoms with Crippen molar-refractivity contribution in [3.63, 3.8) is 0 Å². The maximum absolute atomic E-state index is 6.21. The minimum atomic E-state index is -0.132. The van der Waals surface area contributed by atoms with Crippen molar-refractivity contribution in [2.75, 3.05) is 17.3 Å². The number of fused-ring (bicyclic) bond motifs is 1. The molecule has 0 aliphatic carbocycles. The van der Waals surface area contributed by atoms with Crippen molar-refractivity contribution in [1.82, 2.24) is 15.0 Å². The summed E-state index contributed by atoms with van der Waals surface area (Å²) in [6, 6.07) is 19.6. The van der Waals surface area contributed by atoms with E-state index in [2.05, 4.69) is 20.3 Å². The Morgan fingerprint density at radius 2 is 1.89 bits per heavy atom. The Morgan fingerprint density at radius 1 is 1.00 bits per heavy atom. The molecular weight excluding hydrogens is 470 g/mol. The zero-order valence-electron chi connectivity index (χ0n) is 20.4. The van der Waals surface area contributed by atoms with Crippen LogP contribution in [-0.4, -0.2) is 27.0 Å². The van der Waals surface area contributed by atoms with Gasteiger partial charge in [0, 0.05) is 28.1 Å². The lowest BCUT2D eigenvalue weighted by Crippen LogP contribution is -2.11. The number of hydrogen-bond donors (Lipinski definition) is 2. The highest BCUT2D eigenvalue weighted by molar-refractivity contribution is 7.98. The number of rotatable bonds is 8. The van der Waals surface area contributed by atoms with E-state index >= 15 is 0 Å². The van der Waals surface area contributed by atoms with E-state index in [0.29, 0.717) is 11.6 Å². The first-order valence-electron chi connectivity index (χ1n) is 11.6. The molecule has 0 bridgehead atoms. The van der Waals surface area contributed by atoms with Crippen molar-refractivity contribution in [2.45, 2.75) is 19.9 Å². The van der Waals surface area contributed by atoms with Gasteiger partial charge in [-0.25, -0.2) is 9.97 Å². The summed E-state index contributed by atoms with van der Waals surface area (Å²) in [4.78, 5) is 13.2. The number of pyridine rings is 1. The molecule has 0 fully saturated rings. The first-order valence-corrected chi connectivity index (χ1v) is 13.0. The van der Waals surface area contributed by atoms with Crippen molar-refractivity contribution in [1.29, 1.82) is 0 Å². The predicted octanol–water partition coefficient (Wildman–Crippen LogP) is 6.80. The smallest absolute Gasteiger partial charge is 0.145 e. The van der Waals surface area contributed by atoms with Gasteiger partial charge >= 0.3 is 0 Å². The Hall–Kier alpha value is -3.88. The summed E-state index contributed by atoms with van der Waals surface area (Å²) in [6.45, 7) is 3.96. The number of aromatic nitrogens is 3. The third-order valence-corrected chi connectivity index (χ3v) is 6.50. The molecule has 0 saturated carbocycles. The van der Waals surface area contributed by atoms with E-state index in [1.54, 1.807) is 24.3 Å².